The first-order valence-corrected chi connectivity index (χ1v) is 6.99. The van der Waals surface area contributed by atoms with Gasteiger partial charge < -0.3 is 9.15 Å². The summed E-state index contributed by atoms with van der Waals surface area (Å²) in [5, 5.41) is 0. The Labute approximate surface area is 125 Å². The minimum Gasteiger partial charge on any atom is -0.489 e. The highest BCUT2D eigenvalue weighted by atomic mass is 79.9. The van der Waals surface area contributed by atoms with Crippen molar-refractivity contribution in [3.8, 4) is 17.1 Å². The zero-order chi connectivity index (χ0) is 13.8. The summed E-state index contributed by atoms with van der Waals surface area (Å²) < 4.78 is 11.2. The van der Waals surface area contributed by atoms with Crippen LogP contribution in [0.2, 0.25) is 0 Å². The monoisotopic (exact) mass is 329 g/mol. The number of aromatic nitrogens is 1. The van der Waals surface area contributed by atoms with E-state index in [4.69, 9.17) is 9.15 Å². The molecule has 0 unspecified atom stereocenters. The predicted octanol–water partition coefficient (Wildman–Crippen LogP) is 4.68. The van der Waals surface area contributed by atoms with Crippen molar-refractivity contribution in [1.29, 1.82) is 0 Å². The number of hydrogen-bond donors (Lipinski definition) is 0. The maximum atomic E-state index is 5.79. The van der Waals surface area contributed by atoms with E-state index in [9.17, 15) is 0 Å². The molecule has 0 aliphatic rings. The normalized spacial score (nSPS) is 10.4. The van der Waals surface area contributed by atoms with Crippen LogP contribution in [0.1, 0.15) is 5.56 Å². The standard InChI is InChI=1S/C16H12BrNO2/c17-16-18-10-15(20-16)13-7-4-8-14(9-13)19-11-12-5-2-1-3-6-12/h1-10H,11H2. The summed E-state index contributed by atoms with van der Waals surface area (Å²) in [6.07, 6.45) is 1.68. The third-order valence-corrected chi connectivity index (χ3v) is 3.21. The van der Waals surface area contributed by atoms with Gasteiger partial charge in [-0.05, 0) is 17.7 Å². The number of rotatable bonds is 4. The highest BCUT2D eigenvalue weighted by Crippen LogP contribution is 2.26. The van der Waals surface area contributed by atoms with Crippen LogP contribution >= 0.6 is 15.9 Å². The Morgan fingerprint density at radius 1 is 1.05 bits per heavy atom. The minimum absolute atomic E-state index is 0.475. The second-order valence-electron chi connectivity index (χ2n) is 4.28. The molecule has 0 fully saturated rings. The van der Waals surface area contributed by atoms with E-state index < -0.39 is 0 Å². The molecule has 3 nitrogen and oxygen atoms in total. The third kappa shape index (κ3) is 3.08. The fraction of sp³-hybridized carbons (Fsp3) is 0.0625. The van der Waals surface area contributed by atoms with Crippen LogP contribution in [0.4, 0.5) is 0 Å². The lowest BCUT2D eigenvalue weighted by atomic mass is 10.2. The van der Waals surface area contributed by atoms with Gasteiger partial charge in [0.15, 0.2) is 5.76 Å². The first kappa shape index (κ1) is 12.9. The first-order valence-electron chi connectivity index (χ1n) is 6.20. The van der Waals surface area contributed by atoms with Crippen molar-refractivity contribution in [3.05, 3.63) is 71.2 Å². The molecule has 0 aliphatic carbocycles. The second kappa shape index (κ2) is 5.92. The highest BCUT2D eigenvalue weighted by Gasteiger charge is 2.05. The quantitative estimate of drug-likeness (QED) is 0.696. The number of oxazole rings is 1. The van der Waals surface area contributed by atoms with Crippen LogP contribution in [0.25, 0.3) is 11.3 Å². The van der Waals surface area contributed by atoms with Gasteiger partial charge in [-0.3, -0.25) is 0 Å². The largest absolute Gasteiger partial charge is 0.489 e. The SMILES string of the molecule is Brc1ncc(-c2cccc(OCc3ccccc3)c2)o1. The van der Waals surface area contributed by atoms with Gasteiger partial charge in [0.1, 0.15) is 12.4 Å². The summed E-state index contributed by atoms with van der Waals surface area (Å²) in [5.74, 6) is 1.51. The fourth-order valence-corrected chi connectivity index (χ4v) is 2.14. The first-order chi connectivity index (χ1) is 9.81. The summed E-state index contributed by atoms with van der Waals surface area (Å²) in [6, 6.07) is 17.8. The predicted molar refractivity (Wildman–Crippen MR) is 80.4 cm³/mol. The number of hydrogen-bond acceptors (Lipinski definition) is 3. The summed E-state index contributed by atoms with van der Waals surface area (Å²) in [7, 11) is 0. The van der Waals surface area contributed by atoms with Gasteiger partial charge in [-0.1, -0.05) is 42.5 Å². The lowest BCUT2D eigenvalue weighted by Crippen LogP contribution is -1.94. The third-order valence-electron chi connectivity index (χ3n) is 2.84. The molecule has 0 radical (unpaired) electrons. The Morgan fingerprint density at radius 3 is 2.65 bits per heavy atom. The van der Waals surface area contributed by atoms with Gasteiger partial charge in [-0.25, -0.2) is 4.98 Å². The van der Waals surface area contributed by atoms with Crippen molar-refractivity contribution in [3.63, 3.8) is 0 Å². The number of nitrogens with zero attached hydrogens (tertiary/aromatic N) is 1. The average molecular weight is 330 g/mol. The van der Waals surface area contributed by atoms with E-state index in [0.29, 0.717) is 17.2 Å². The number of benzene rings is 2. The Balaban J connectivity index is 1.75. The van der Waals surface area contributed by atoms with E-state index in [-0.39, 0.29) is 0 Å². The van der Waals surface area contributed by atoms with E-state index in [1.54, 1.807) is 6.20 Å². The van der Waals surface area contributed by atoms with Gasteiger partial charge in [-0.15, -0.1) is 0 Å². The van der Waals surface area contributed by atoms with E-state index >= 15 is 0 Å². The Hall–Kier alpha value is -2.07. The van der Waals surface area contributed by atoms with Crippen LogP contribution in [0, 0.1) is 0 Å². The van der Waals surface area contributed by atoms with Crippen LogP contribution in [0.3, 0.4) is 0 Å². The van der Waals surface area contributed by atoms with Crippen molar-refractivity contribution < 1.29 is 9.15 Å². The molecule has 3 aromatic rings. The molecule has 0 N–H and O–H groups in total. The zero-order valence-electron chi connectivity index (χ0n) is 10.6. The van der Waals surface area contributed by atoms with Crippen LogP contribution in [-0.4, -0.2) is 4.98 Å². The minimum atomic E-state index is 0.475. The second-order valence-corrected chi connectivity index (χ2v) is 4.96. The van der Waals surface area contributed by atoms with E-state index in [2.05, 4.69) is 20.9 Å². The van der Waals surface area contributed by atoms with Crippen LogP contribution in [0.15, 0.2) is 70.0 Å². The molecule has 0 aliphatic heterocycles. The molecule has 1 heterocycles. The molecule has 0 saturated carbocycles. The molecule has 0 amide bonds. The molecule has 20 heavy (non-hydrogen) atoms. The molecule has 0 atom stereocenters. The van der Waals surface area contributed by atoms with Crippen molar-refractivity contribution in [2.75, 3.05) is 0 Å². The molecule has 4 heteroatoms. The van der Waals surface area contributed by atoms with E-state index in [1.807, 2.05) is 54.6 Å². The summed E-state index contributed by atoms with van der Waals surface area (Å²) >= 11 is 3.20. The van der Waals surface area contributed by atoms with Crippen molar-refractivity contribution >= 4 is 15.9 Å². The van der Waals surface area contributed by atoms with E-state index in [1.165, 1.54) is 0 Å². The highest BCUT2D eigenvalue weighted by molar-refractivity contribution is 9.10. The van der Waals surface area contributed by atoms with Gasteiger partial charge in [0.2, 0.25) is 0 Å². The Bertz CT molecular complexity index is 694. The van der Waals surface area contributed by atoms with Gasteiger partial charge in [-0.2, -0.15) is 0 Å². The molecule has 0 bridgehead atoms. The van der Waals surface area contributed by atoms with E-state index in [0.717, 1.165) is 16.9 Å². The van der Waals surface area contributed by atoms with Gasteiger partial charge >= 0.3 is 0 Å². The molecular weight excluding hydrogens is 318 g/mol. The lowest BCUT2D eigenvalue weighted by Gasteiger charge is -2.07. The molecule has 1 aromatic heterocycles. The topological polar surface area (TPSA) is 35.3 Å². The average Bonchev–Trinajstić information content (AvgIpc) is 2.93. The zero-order valence-corrected chi connectivity index (χ0v) is 12.2. The summed E-state index contributed by atoms with van der Waals surface area (Å²) in [6.45, 7) is 0.546. The van der Waals surface area contributed by atoms with Crippen LogP contribution < -0.4 is 4.74 Å². The fourth-order valence-electron chi connectivity index (χ4n) is 1.87. The van der Waals surface area contributed by atoms with Crippen molar-refractivity contribution in [2.24, 2.45) is 0 Å². The summed E-state index contributed by atoms with van der Waals surface area (Å²) in [5.41, 5.74) is 2.08. The van der Waals surface area contributed by atoms with Gasteiger partial charge in [0.25, 0.3) is 4.80 Å². The van der Waals surface area contributed by atoms with Crippen LogP contribution in [-0.2, 0) is 6.61 Å². The maximum absolute atomic E-state index is 5.79. The molecule has 0 saturated heterocycles. The molecular formula is C16H12BrNO2. The molecule has 0 spiro atoms. The Kier molecular flexibility index (Phi) is 3.83. The van der Waals surface area contributed by atoms with Gasteiger partial charge in [0, 0.05) is 21.5 Å². The number of halogens is 1. The van der Waals surface area contributed by atoms with Crippen molar-refractivity contribution in [2.45, 2.75) is 6.61 Å². The van der Waals surface area contributed by atoms with Crippen LogP contribution in [0.5, 0.6) is 5.75 Å². The molecule has 100 valence electrons. The maximum Gasteiger partial charge on any atom is 0.264 e. The summed E-state index contributed by atoms with van der Waals surface area (Å²) in [4.78, 5) is 4.50. The Morgan fingerprint density at radius 2 is 1.90 bits per heavy atom. The lowest BCUT2D eigenvalue weighted by molar-refractivity contribution is 0.306. The van der Waals surface area contributed by atoms with Crippen molar-refractivity contribution in [1.82, 2.24) is 4.98 Å². The van der Waals surface area contributed by atoms with Gasteiger partial charge in [0.05, 0.1) is 6.20 Å². The smallest absolute Gasteiger partial charge is 0.264 e. The number of ether oxygens (including phenoxy) is 1. The molecule has 3 rings (SSSR count). The molecule has 2 aromatic carbocycles.